The zero-order chi connectivity index (χ0) is 15.6. The lowest BCUT2D eigenvalue weighted by Crippen LogP contribution is -2.46. The Morgan fingerprint density at radius 2 is 2.10 bits per heavy atom. The van der Waals surface area contributed by atoms with Gasteiger partial charge in [0.05, 0.1) is 3.79 Å². The van der Waals surface area contributed by atoms with Crippen molar-refractivity contribution in [3.05, 3.63) is 15.4 Å². The molecule has 0 bridgehead atoms. The van der Waals surface area contributed by atoms with E-state index < -0.39 is 10.0 Å². The van der Waals surface area contributed by atoms with Crippen molar-refractivity contribution in [2.75, 3.05) is 13.1 Å². The summed E-state index contributed by atoms with van der Waals surface area (Å²) in [4.78, 5) is 11.4. The molecule has 1 aromatic rings. The van der Waals surface area contributed by atoms with Gasteiger partial charge in [0.25, 0.3) is 10.0 Å². The molecular weight excluding hydrogens is 376 g/mol. The number of nitrogens with zero attached hydrogens (tertiary/aromatic N) is 1. The van der Waals surface area contributed by atoms with Crippen LogP contribution >= 0.6 is 27.3 Å². The third kappa shape index (κ3) is 3.85. The highest BCUT2D eigenvalue weighted by molar-refractivity contribution is 9.11. The fraction of sp³-hybridized carbons (Fsp3) is 0.615. The molecule has 0 unspecified atom stereocenters. The maximum absolute atomic E-state index is 12.6. The molecule has 5 nitrogen and oxygen atoms in total. The second-order valence-electron chi connectivity index (χ2n) is 5.12. The molecule has 0 spiro atoms. The van der Waals surface area contributed by atoms with Crippen molar-refractivity contribution in [2.45, 2.75) is 43.4 Å². The summed E-state index contributed by atoms with van der Waals surface area (Å²) in [5, 5.41) is 2.93. The number of halogens is 1. The van der Waals surface area contributed by atoms with E-state index >= 15 is 0 Å². The molecule has 1 saturated heterocycles. The SMILES string of the molecule is CCC(=O)NC1CCN(S(=O)(=O)c2cc(C)c(Br)s2)CC1. The van der Waals surface area contributed by atoms with Crippen molar-refractivity contribution in [3.63, 3.8) is 0 Å². The second kappa shape index (κ2) is 6.76. The summed E-state index contributed by atoms with van der Waals surface area (Å²) >= 11 is 4.61. The average molecular weight is 395 g/mol. The van der Waals surface area contributed by atoms with Gasteiger partial charge in [0.1, 0.15) is 4.21 Å². The summed E-state index contributed by atoms with van der Waals surface area (Å²) in [7, 11) is -3.41. The number of aryl methyl sites for hydroxylation is 1. The molecule has 1 aromatic heterocycles. The second-order valence-corrected chi connectivity index (χ2v) is 9.66. The van der Waals surface area contributed by atoms with Crippen molar-refractivity contribution in [1.82, 2.24) is 9.62 Å². The Kier molecular flexibility index (Phi) is 5.45. The van der Waals surface area contributed by atoms with Crippen LogP contribution in [0.3, 0.4) is 0 Å². The number of hydrogen-bond acceptors (Lipinski definition) is 4. The van der Waals surface area contributed by atoms with E-state index in [1.165, 1.54) is 15.6 Å². The van der Waals surface area contributed by atoms with Crippen LogP contribution in [0.2, 0.25) is 0 Å². The van der Waals surface area contributed by atoms with E-state index in [1.807, 2.05) is 13.8 Å². The molecule has 118 valence electrons. The Morgan fingerprint density at radius 3 is 2.57 bits per heavy atom. The molecule has 1 aliphatic heterocycles. The average Bonchev–Trinajstić information content (AvgIpc) is 2.80. The molecule has 8 heteroatoms. The quantitative estimate of drug-likeness (QED) is 0.852. The first-order chi connectivity index (χ1) is 9.84. The van der Waals surface area contributed by atoms with Gasteiger partial charge in [0.15, 0.2) is 0 Å². The van der Waals surface area contributed by atoms with E-state index in [2.05, 4.69) is 21.2 Å². The first kappa shape index (κ1) is 16.9. The lowest BCUT2D eigenvalue weighted by molar-refractivity contribution is -0.121. The van der Waals surface area contributed by atoms with Crippen LogP contribution in [0.4, 0.5) is 0 Å². The fourth-order valence-electron chi connectivity index (χ4n) is 2.26. The van der Waals surface area contributed by atoms with Gasteiger partial charge in [0, 0.05) is 25.6 Å². The zero-order valence-electron chi connectivity index (χ0n) is 12.1. The molecule has 0 aromatic carbocycles. The van der Waals surface area contributed by atoms with E-state index in [4.69, 9.17) is 0 Å². The van der Waals surface area contributed by atoms with Gasteiger partial charge in [-0.2, -0.15) is 4.31 Å². The van der Waals surface area contributed by atoms with E-state index in [1.54, 1.807) is 6.07 Å². The molecular formula is C13H19BrN2O3S2. The number of nitrogens with one attached hydrogen (secondary N) is 1. The van der Waals surface area contributed by atoms with Crippen LogP contribution in [-0.4, -0.2) is 37.8 Å². The van der Waals surface area contributed by atoms with Gasteiger partial charge in [-0.05, 0) is 47.3 Å². The molecule has 0 atom stereocenters. The molecule has 0 saturated carbocycles. The molecule has 0 radical (unpaired) electrons. The van der Waals surface area contributed by atoms with Crippen molar-refractivity contribution in [2.24, 2.45) is 0 Å². The number of rotatable bonds is 4. The molecule has 1 N–H and O–H groups in total. The smallest absolute Gasteiger partial charge is 0.252 e. The summed E-state index contributed by atoms with van der Waals surface area (Å²) in [5.41, 5.74) is 0.934. The maximum atomic E-state index is 12.6. The van der Waals surface area contributed by atoms with Crippen LogP contribution in [0.5, 0.6) is 0 Å². The van der Waals surface area contributed by atoms with Gasteiger partial charge in [0.2, 0.25) is 5.91 Å². The maximum Gasteiger partial charge on any atom is 0.252 e. The van der Waals surface area contributed by atoms with Crippen LogP contribution in [0.1, 0.15) is 31.7 Å². The number of piperidine rings is 1. The Balaban J connectivity index is 2.02. The number of sulfonamides is 1. The fourth-order valence-corrected chi connectivity index (χ4v) is 6.11. The predicted molar refractivity (Wildman–Crippen MR) is 87.0 cm³/mol. The van der Waals surface area contributed by atoms with E-state index in [-0.39, 0.29) is 11.9 Å². The lowest BCUT2D eigenvalue weighted by atomic mass is 10.1. The summed E-state index contributed by atoms with van der Waals surface area (Å²) in [6, 6.07) is 1.79. The largest absolute Gasteiger partial charge is 0.353 e. The molecule has 1 amide bonds. The number of hydrogen-bond donors (Lipinski definition) is 1. The van der Waals surface area contributed by atoms with Crippen molar-refractivity contribution < 1.29 is 13.2 Å². The van der Waals surface area contributed by atoms with E-state index in [0.29, 0.717) is 36.6 Å². The first-order valence-electron chi connectivity index (χ1n) is 6.90. The van der Waals surface area contributed by atoms with Crippen molar-refractivity contribution >= 4 is 43.2 Å². The molecule has 2 rings (SSSR count). The Morgan fingerprint density at radius 1 is 1.48 bits per heavy atom. The minimum absolute atomic E-state index is 0.0223. The highest BCUT2D eigenvalue weighted by Gasteiger charge is 2.31. The van der Waals surface area contributed by atoms with Crippen molar-refractivity contribution in [1.29, 1.82) is 0 Å². The highest BCUT2D eigenvalue weighted by Crippen LogP contribution is 2.33. The third-order valence-corrected chi connectivity index (χ3v) is 8.05. The predicted octanol–water partition coefficient (Wildman–Crippen LogP) is 2.50. The van der Waals surface area contributed by atoms with Crippen LogP contribution in [-0.2, 0) is 14.8 Å². The van der Waals surface area contributed by atoms with Gasteiger partial charge in [-0.3, -0.25) is 4.79 Å². The number of amides is 1. The van der Waals surface area contributed by atoms with Gasteiger partial charge < -0.3 is 5.32 Å². The van der Waals surface area contributed by atoms with Gasteiger partial charge >= 0.3 is 0 Å². The molecule has 1 aliphatic rings. The highest BCUT2D eigenvalue weighted by atomic mass is 79.9. The van der Waals surface area contributed by atoms with Gasteiger partial charge in [-0.1, -0.05) is 6.92 Å². The van der Waals surface area contributed by atoms with Crippen LogP contribution in [0.15, 0.2) is 14.1 Å². The molecule has 2 heterocycles. The summed E-state index contributed by atoms with van der Waals surface area (Å²) in [6.07, 6.45) is 1.79. The lowest BCUT2D eigenvalue weighted by Gasteiger charge is -2.31. The minimum Gasteiger partial charge on any atom is -0.353 e. The monoisotopic (exact) mass is 394 g/mol. The van der Waals surface area contributed by atoms with E-state index in [0.717, 1.165) is 9.35 Å². The van der Waals surface area contributed by atoms with Gasteiger partial charge in [-0.25, -0.2) is 8.42 Å². The Bertz CT molecular complexity index is 600. The van der Waals surface area contributed by atoms with Gasteiger partial charge in [-0.15, -0.1) is 11.3 Å². The standard InChI is InChI=1S/C13H19BrN2O3S2/c1-3-11(17)15-10-4-6-16(7-5-10)21(18,19)12-8-9(2)13(14)20-12/h8,10H,3-7H2,1-2H3,(H,15,17). The number of carbonyl (C=O) groups excluding carboxylic acids is 1. The number of thiophene rings is 1. The van der Waals surface area contributed by atoms with Crippen LogP contribution in [0.25, 0.3) is 0 Å². The van der Waals surface area contributed by atoms with E-state index in [9.17, 15) is 13.2 Å². The number of carbonyl (C=O) groups is 1. The van der Waals surface area contributed by atoms with Crippen LogP contribution in [0, 0.1) is 6.92 Å². The van der Waals surface area contributed by atoms with Crippen molar-refractivity contribution in [3.8, 4) is 0 Å². The topological polar surface area (TPSA) is 66.5 Å². The Hall–Kier alpha value is -0.440. The zero-order valence-corrected chi connectivity index (χ0v) is 15.3. The summed E-state index contributed by atoms with van der Waals surface area (Å²) in [5.74, 6) is 0.0223. The Labute approximate surface area is 137 Å². The molecule has 0 aliphatic carbocycles. The minimum atomic E-state index is -3.41. The summed E-state index contributed by atoms with van der Waals surface area (Å²) in [6.45, 7) is 4.59. The first-order valence-corrected chi connectivity index (χ1v) is 9.95. The molecule has 1 fully saturated rings. The van der Waals surface area contributed by atoms with Crippen LogP contribution < -0.4 is 5.32 Å². The third-order valence-electron chi connectivity index (χ3n) is 3.57. The normalized spacial score (nSPS) is 17.9. The molecule has 21 heavy (non-hydrogen) atoms. The summed E-state index contributed by atoms with van der Waals surface area (Å²) < 4.78 is 27.9.